The summed E-state index contributed by atoms with van der Waals surface area (Å²) in [4.78, 5) is 0. The second-order valence-corrected chi connectivity index (χ2v) is 3.19. The molecule has 0 bridgehead atoms. The van der Waals surface area contributed by atoms with Gasteiger partial charge in [-0.05, 0) is 19.1 Å². The molecule has 1 heterocycles. The van der Waals surface area contributed by atoms with Crippen molar-refractivity contribution in [2.45, 2.75) is 19.0 Å². The van der Waals surface area contributed by atoms with E-state index in [9.17, 15) is 4.39 Å². The molecule has 1 atom stereocenters. The normalized spacial score (nSPS) is 30.7. The van der Waals surface area contributed by atoms with Crippen LogP contribution in [0.5, 0.6) is 0 Å². The quantitative estimate of drug-likeness (QED) is 0.522. The van der Waals surface area contributed by atoms with Gasteiger partial charge in [0.25, 0.3) is 0 Å². The molecule has 0 aromatic carbocycles. The molecule has 9 heavy (non-hydrogen) atoms. The Morgan fingerprint density at radius 2 is 2.44 bits per heavy atom. The van der Waals surface area contributed by atoms with Gasteiger partial charge >= 0.3 is 0 Å². The molecule has 54 valence electrons. The highest BCUT2D eigenvalue weighted by Crippen LogP contribution is 2.17. The van der Waals surface area contributed by atoms with Gasteiger partial charge in [0, 0.05) is 13.1 Å². The van der Waals surface area contributed by atoms with Crippen molar-refractivity contribution < 1.29 is 4.39 Å². The average molecular weight is 149 g/mol. The van der Waals surface area contributed by atoms with E-state index in [0.717, 1.165) is 19.4 Å². The fourth-order valence-electron chi connectivity index (χ4n) is 1.06. The zero-order valence-corrected chi connectivity index (χ0v) is 6.46. The summed E-state index contributed by atoms with van der Waals surface area (Å²) in [5.41, 5.74) is 0. The largest absolute Gasteiger partial charge is 0.248 e. The molecule has 1 nitrogen and oxygen atoms in total. The lowest BCUT2D eigenvalue weighted by Gasteiger charge is -2.25. The maximum Gasteiger partial charge on any atom is 0.114 e. The molecule has 1 fully saturated rings. The summed E-state index contributed by atoms with van der Waals surface area (Å²) in [6.45, 7) is 1.68. The van der Waals surface area contributed by atoms with Crippen molar-refractivity contribution in [3.05, 3.63) is 0 Å². The summed E-state index contributed by atoms with van der Waals surface area (Å²) in [7, 11) is 0. The van der Waals surface area contributed by atoms with E-state index < -0.39 is 6.17 Å². The van der Waals surface area contributed by atoms with Crippen LogP contribution in [0, 0.1) is 0 Å². The van der Waals surface area contributed by atoms with E-state index in [-0.39, 0.29) is 0 Å². The van der Waals surface area contributed by atoms with Crippen LogP contribution in [0.3, 0.4) is 0 Å². The molecule has 0 saturated carbocycles. The van der Waals surface area contributed by atoms with Crippen molar-refractivity contribution >= 4 is 11.9 Å². The number of nitrogens with zero attached hydrogens (tertiary/aromatic N) is 1. The van der Waals surface area contributed by atoms with Gasteiger partial charge in [-0.2, -0.15) is 0 Å². The second-order valence-electron chi connectivity index (χ2n) is 2.31. The van der Waals surface area contributed by atoms with Crippen LogP contribution in [0.2, 0.25) is 0 Å². The van der Waals surface area contributed by atoms with Gasteiger partial charge in [0.2, 0.25) is 0 Å². The Morgan fingerprint density at radius 1 is 1.67 bits per heavy atom. The minimum Gasteiger partial charge on any atom is -0.248 e. The van der Waals surface area contributed by atoms with E-state index in [4.69, 9.17) is 0 Å². The summed E-state index contributed by atoms with van der Waals surface area (Å²) in [6.07, 6.45) is 3.20. The van der Waals surface area contributed by atoms with Gasteiger partial charge in [-0.1, -0.05) is 11.9 Å². The fourth-order valence-corrected chi connectivity index (χ4v) is 1.68. The standard InChI is InChI=1S/C6H12FNS/c1-9-8-4-2-3-6(7)5-8/h6H,2-5H2,1H3. The Balaban J connectivity index is 2.23. The van der Waals surface area contributed by atoms with Gasteiger partial charge in [0.1, 0.15) is 6.17 Å². The molecule has 1 rings (SSSR count). The summed E-state index contributed by atoms with van der Waals surface area (Å²) in [5, 5.41) is 0. The molecular weight excluding hydrogens is 137 g/mol. The third-order valence-corrected chi connectivity index (χ3v) is 2.43. The smallest absolute Gasteiger partial charge is 0.114 e. The molecule has 0 spiro atoms. The Hall–Kier alpha value is 0.240. The summed E-state index contributed by atoms with van der Waals surface area (Å²) in [6, 6.07) is 0. The van der Waals surface area contributed by atoms with E-state index >= 15 is 0 Å². The Kier molecular flexibility index (Phi) is 2.79. The SMILES string of the molecule is CSN1CCCC(F)C1. The van der Waals surface area contributed by atoms with Gasteiger partial charge in [0.15, 0.2) is 0 Å². The second kappa shape index (κ2) is 3.42. The first-order chi connectivity index (χ1) is 4.33. The highest BCUT2D eigenvalue weighted by Gasteiger charge is 2.17. The van der Waals surface area contributed by atoms with Crippen LogP contribution >= 0.6 is 11.9 Å². The first-order valence-corrected chi connectivity index (χ1v) is 4.44. The number of hydrogen-bond acceptors (Lipinski definition) is 2. The average Bonchev–Trinajstić information content (AvgIpc) is 1.88. The summed E-state index contributed by atoms with van der Waals surface area (Å²) in [5.74, 6) is 0. The van der Waals surface area contributed by atoms with Crippen molar-refractivity contribution in [3.63, 3.8) is 0 Å². The van der Waals surface area contributed by atoms with Crippen LogP contribution in [0.25, 0.3) is 0 Å². The van der Waals surface area contributed by atoms with Gasteiger partial charge in [-0.15, -0.1) is 0 Å². The fraction of sp³-hybridized carbons (Fsp3) is 1.00. The molecular formula is C6H12FNS. The zero-order chi connectivity index (χ0) is 6.69. The molecule has 0 aliphatic carbocycles. The lowest BCUT2D eigenvalue weighted by Crippen LogP contribution is -2.30. The zero-order valence-electron chi connectivity index (χ0n) is 5.64. The van der Waals surface area contributed by atoms with Crippen LogP contribution < -0.4 is 0 Å². The number of halogens is 1. The molecule has 0 N–H and O–H groups in total. The molecule has 0 aromatic heterocycles. The Bertz CT molecular complexity index is 89.1. The van der Waals surface area contributed by atoms with Crippen molar-refractivity contribution in [3.8, 4) is 0 Å². The van der Waals surface area contributed by atoms with Crippen LogP contribution in [0.15, 0.2) is 0 Å². The molecule has 1 unspecified atom stereocenters. The van der Waals surface area contributed by atoms with Crippen LogP contribution in [0.4, 0.5) is 4.39 Å². The van der Waals surface area contributed by atoms with Crippen molar-refractivity contribution in [1.82, 2.24) is 4.31 Å². The van der Waals surface area contributed by atoms with E-state index in [0.29, 0.717) is 6.54 Å². The number of hydrogen-bond donors (Lipinski definition) is 0. The van der Waals surface area contributed by atoms with Crippen molar-refractivity contribution in [1.29, 1.82) is 0 Å². The van der Waals surface area contributed by atoms with E-state index in [2.05, 4.69) is 4.31 Å². The van der Waals surface area contributed by atoms with Gasteiger partial charge < -0.3 is 0 Å². The van der Waals surface area contributed by atoms with Crippen molar-refractivity contribution in [2.24, 2.45) is 0 Å². The highest BCUT2D eigenvalue weighted by atomic mass is 32.2. The molecule has 1 aliphatic rings. The third-order valence-electron chi connectivity index (χ3n) is 1.58. The summed E-state index contributed by atoms with van der Waals surface area (Å²) < 4.78 is 14.6. The first kappa shape index (κ1) is 7.35. The third kappa shape index (κ3) is 2.14. The van der Waals surface area contributed by atoms with Crippen LogP contribution in [0.1, 0.15) is 12.8 Å². The maximum absolute atomic E-state index is 12.6. The first-order valence-electron chi connectivity index (χ1n) is 3.26. The summed E-state index contributed by atoms with van der Waals surface area (Å²) >= 11 is 1.64. The molecule has 3 heteroatoms. The molecule has 0 radical (unpaired) electrons. The van der Waals surface area contributed by atoms with E-state index in [1.54, 1.807) is 11.9 Å². The lowest BCUT2D eigenvalue weighted by molar-refractivity contribution is 0.213. The monoisotopic (exact) mass is 149 g/mol. The predicted octanol–water partition coefficient (Wildman–Crippen LogP) is 1.70. The Morgan fingerprint density at radius 3 is 2.89 bits per heavy atom. The van der Waals surface area contributed by atoms with Crippen LogP contribution in [-0.4, -0.2) is 29.8 Å². The molecule has 0 amide bonds. The minimum atomic E-state index is -0.578. The molecule has 1 saturated heterocycles. The van der Waals surface area contributed by atoms with Gasteiger partial charge in [0.05, 0.1) is 0 Å². The van der Waals surface area contributed by atoms with Gasteiger partial charge in [-0.3, -0.25) is 0 Å². The maximum atomic E-state index is 12.6. The number of rotatable bonds is 1. The molecule has 0 aromatic rings. The lowest BCUT2D eigenvalue weighted by atomic mass is 10.1. The van der Waals surface area contributed by atoms with Crippen LogP contribution in [-0.2, 0) is 0 Å². The van der Waals surface area contributed by atoms with Crippen molar-refractivity contribution in [2.75, 3.05) is 19.3 Å². The molecule has 1 aliphatic heterocycles. The minimum absolute atomic E-state index is 0.578. The highest BCUT2D eigenvalue weighted by molar-refractivity contribution is 7.96. The van der Waals surface area contributed by atoms with Gasteiger partial charge in [-0.25, -0.2) is 8.70 Å². The topological polar surface area (TPSA) is 3.24 Å². The number of piperidine rings is 1. The predicted molar refractivity (Wildman–Crippen MR) is 39.2 cm³/mol. The van der Waals surface area contributed by atoms with E-state index in [1.807, 2.05) is 6.26 Å². The van der Waals surface area contributed by atoms with E-state index in [1.165, 1.54) is 0 Å². The Labute approximate surface area is 59.7 Å². The number of alkyl halides is 1.